The van der Waals surface area contributed by atoms with Crippen molar-refractivity contribution in [3.05, 3.63) is 11.1 Å². The number of aromatic carboxylic acids is 1. The van der Waals surface area contributed by atoms with Gasteiger partial charge in [0.05, 0.1) is 6.20 Å². The molecule has 0 spiro atoms. The number of carbonyl (C=O) groups is 1. The normalized spacial score (nSPS) is 9.33. The number of thiazole rings is 1. The number of carboxylic acid groups (broad SMARTS) is 1. The largest absolute Gasteiger partial charge is 0.477 e. The van der Waals surface area contributed by atoms with Crippen molar-refractivity contribution in [1.29, 1.82) is 0 Å². The van der Waals surface area contributed by atoms with Gasteiger partial charge in [0.1, 0.15) is 4.88 Å². The van der Waals surface area contributed by atoms with Crippen LogP contribution < -0.4 is 3.87 Å². The highest BCUT2D eigenvalue weighted by Gasteiger charge is 2.03. The number of carboxylic acids is 1. The van der Waals surface area contributed by atoms with Crippen molar-refractivity contribution in [2.75, 3.05) is 0 Å². The molecular weight excluding hydrogens is 153 g/mol. The summed E-state index contributed by atoms with van der Waals surface area (Å²) in [4.78, 5) is 14.2. The van der Waals surface area contributed by atoms with Gasteiger partial charge in [0.15, 0.2) is 0 Å². The second-order valence-corrected chi connectivity index (χ2v) is 3.40. The molecule has 0 bridgehead atoms. The second kappa shape index (κ2) is 2.48. The fourth-order valence-electron chi connectivity index (χ4n) is 0.386. The van der Waals surface area contributed by atoms with E-state index in [2.05, 4.69) is 21.3 Å². The van der Waals surface area contributed by atoms with Crippen molar-refractivity contribution in [1.82, 2.24) is 4.98 Å². The Balaban J connectivity index is 2.98. The minimum Gasteiger partial charge on any atom is -0.477 e. The monoisotopic (exact) mass is 155 g/mol. The number of nitrogens with zero attached hydrogens (tertiary/aromatic N) is 1. The van der Waals surface area contributed by atoms with E-state index in [1.807, 2.05) is 0 Å². The Bertz CT molecular complexity index is 234. The zero-order valence-corrected chi connectivity index (χ0v) is 6.34. The highest BCUT2D eigenvalue weighted by Crippen LogP contribution is 2.00. The van der Waals surface area contributed by atoms with Crippen LogP contribution in [-0.2, 0) is 0 Å². The number of hydrogen-bond donors (Lipinski definition) is 1. The summed E-state index contributed by atoms with van der Waals surface area (Å²) >= 11 is 3.49. The minimum absolute atomic E-state index is 0.278. The van der Waals surface area contributed by atoms with Crippen molar-refractivity contribution in [2.45, 2.75) is 0 Å². The van der Waals surface area contributed by atoms with E-state index in [1.54, 1.807) is 0 Å². The summed E-state index contributed by atoms with van der Waals surface area (Å²) in [5, 5.41) is 8.36. The van der Waals surface area contributed by atoms with E-state index in [9.17, 15) is 4.79 Å². The first-order valence-electron chi connectivity index (χ1n) is 2.15. The number of rotatable bonds is 1. The lowest BCUT2D eigenvalue weighted by Gasteiger charge is -1.78. The fraction of sp³-hybridized carbons (Fsp3) is 0. The molecule has 1 aromatic rings. The van der Waals surface area contributed by atoms with Gasteiger partial charge in [-0.25, -0.2) is 4.79 Å². The summed E-state index contributed by atoms with van der Waals surface area (Å²) in [5.41, 5.74) is 0. The Morgan fingerprint density at radius 3 is 2.78 bits per heavy atom. The molecule has 5 heteroatoms. The van der Waals surface area contributed by atoms with Gasteiger partial charge in [-0.15, -0.1) is 11.3 Å². The van der Waals surface area contributed by atoms with Gasteiger partial charge in [0, 0.05) is 0 Å². The van der Waals surface area contributed by atoms with Crippen LogP contribution in [0.4, 0.5) is 0 Å². The van der Waals surface area contributed by atoms with Crippen LogP contribution in [-0.4, -0.2) is 32.4 Å². The molecule has 3 nitrogen and oxygen atoms in total. The van der Waals surface area contributed by atoms with Crippen LogP contribution in [0.25, 0.3) is 0 Å². The molecule has 1 aromatic heterocycles. The van der Waals surface area contributed by atoms with E-state index in [0.29, 0.717) is 3.87 Å². The van der Waals surface area contributed by atoms with Gasteiger partial charge in [-0.3, -0.25) is 4.98 Å². The van der Waals surface area contributed by atoms with Crippen LogP contribution in [0.15, 0.2) is 6.20 Å². The van der Waals surface area contributed by atoms with E-state index < -0.39 is 5.97 Å². The fourth-order valence-corrected chi connectivity index (χ4v) is 1.37. The van der Waals surface area contributed by atoms with E-state index >= 15 is 0 Å². The molecule has 0 saturated heterocycles. The Hall–Kier alpha value is -0.368. The van der Waals surface area contributed by atoms with Gasteiger partial charge in [0.25, 0.3) is 0 Å². The number of hydrogen-bond acceptors (Lipinski definition) is 3. The zero-order chi connectivity index (χ0) is 6.85. The third-order valence-corrected chi connectivity index (χ3v) is 2.05. The molecule has 0 aromatic carbocycles. The van der Waals surface area contributed by atoms with Gasteiger partial charge in [0.2, 0.25) is 16.3 Å². The molecule has 44 valence electrons. The highest BCUT2D eigenvalue weighted by molar-refractivity contribution is 7.21. The predicted molar refractivity (Wildman–Crippen MR) is 34.5 cm³/mol. The van der Waals surface area contributed by atoms with Crippen molar-refractivity contribution in [3.63, 3.8) is 0 Å². The molecule has 0 saturated carbocycles. The molecular formula is C4H2AlNO2S. The summed E-state index contributed by atoms with van der Waals surface area (Å²) in [5.74, 6) is -0.916. The topological polar surface area (TPSA) is 50.2 Å². The van der Waals surface area contributed by atoms with Crippen LogP contribution in [0.2, 0.25) is 0 Å². The first-order chi connectivity index (χ1) is 4.20. The minimum atomic E-state index is -0.916. The lowest BCUT2D eigenvalue weighted by molar-refractivity contribution is 0.0702. The average molecular weight is 155 g/mol. The summed E-state index contributed by atoms with van der Waals surface area (Å²) in [6.07, 6.45) is 1.34. The Morgan fingerprint density at radius 1 is 1.89 bits per heavy atom. The molecule has 0 aliphatic carbocycles. The van der Waals surface area contributed by atoms with Crippen LogP contribution in [0, 0.1) is 0 Å². The van der Waals surface area contributed by atoms with Crippen molar-refractivity contribution >= 4 is 37.5 Å². The standard InChI is InChI=1S/C4H2NO2S.Al/c6-4(7)3-1-5-2-8-3;/h1H,(H,6,7);. The maximum absolute atomic E-state index is 10.2. The Kier molecular flexibility index (Phi) is 1.86. The van der Waals surface area contributed by atoms with Crippen molar-refractivity contribution in [2.24, 2.45) is 0 Å². The summed E-state index contributed by atoms with van der Waals surface area (Å²) in [6, 6.07) is 0. The zero-order valence-electron chi connectivity index (χ0n) is 4.37. The first-order valence-corrected chi connectivity index (χ1v) is 3.54. The Labute approximate surface area is 63.8 Å². The number of aromatic nitrogens is 1. The van der Waals surface area contributed by atoms with Gasteiger partial charge in [-0.2, -0.15) is 0 Å². The lowest BCUT2D eigenvalue weighted by Crippen LogP contribution is -1.96. The van der Waals surface area contributed by atoms with E-state index in [0.717, 1.165) is 11.3 Å². The molecule has 0 unspecified atom stereocenters. The third-order valence-electron chi connectivity index (χ3n) is 0.734. The van der Waals surface area contributed by atoms with Gasteiger partial charge in [-0.1, -0.05) is 0 Å². The summed E-state index contributed by atoms with van der Waals surface area (Å²) in [6.45, 7) is 0. The van der Waals surface area contributed by atoms with Crippen molar-refractivity contribution in [3.8, 4) is 0 Å². The predicted octanol–water partition coefficient (Wildman–Crippen LogP) is -0.365. The van der Waals surface area contributed by atoms with Crippen LogP contribution in [0.1, 0.15) is 9.67 Å². The average Bonchev–Trinajstić information content (AvgIpc) is 2.14. The van der Waals surface area contributed by atoms with E-state index in [-0.39, 0.29) is 4.88 Å². The smallest absolute Gasteiger partial charge is 0.347 e. The molecule has 2 radical (unpaired) electrons. The maximum Gasteiger partial charge on any atom is 0.347 e. The Morgan fingerprint density at radius 2 is 2.56 bits per heavy atom. The van der Waals surface area contributed by atoms with Gasteiger partial charge in [-0.05, 0) is 3.87 Å². The van der Waals surface area contributed by atoms with Crippen molar-refractivity contribution < 1.29 is 9.90 Å². The highest BCUT2D eigenvalue weighted by atomic mass is 32.1. The summed E-state index contributed by atoms with van der Waals surface area (Å²) in [7, 11) is 0. The molecule has 0 aliphatic heterocycles. The van der Waals surface area contributed by atoms with Crippen LogP contribution in [0.3, 0.4) is 0 Å². The molecule has 0 fully saturated rings. The lowest BCUT2D eigenvalue weighted by atomic mass is 10.6. The molecule has 9 heavy (non-hydrogen) atoms. The first kappa shape index (κ1) is 6.75. The van der Waals surface area contributed by atoms with Crippen LogP contribution in [0.5, 0.6) is 0 Å². The molecule has 0 amide bonds. The summed E-state index contributed by atoms with van der Waals surface area (Å²) < 4.78 is 0.701. The molecule has 0 atom stereocenters. The maximum atomic E-state index is 10.2. The molecule has 1 heterocycles. The van der Waals surface area contributed by atoms with Gasteiger partial charge >= 0.3 is 5.97 Å². The second-order valence-electron chi connectivity index (χ2n) is 1.37. The SMILES string of the molecule is O=C(O)c1cn[c]([Al])s1. The molecule has 1 rings (SSSR count). The molecule has 0 aliphatic rings. The third kappa shape index (κ3) is 1.52. The van der Waals surface area contributed by atoms with Gasteiger partial charge < -0.3 is 5.11 Å². The quantitative estimate of drug-likeness (QED) is 0.563. The van der Waals surface area contributed by atoms with Crippen LogP contribution >= 0.6 is 11.3 Å². The van der Waals surface area contributed by atoms with E-state index in [4.69, 9.17) is 5.11 Å². The molecule has 1 N–H and O–H groups in total. The van der Waals surface area contributed by atoms with E-state index in [1.165, 1.54) is 6.20 Å².